The molecule has 0 amide bonds. The number of benzene rings is 13. The molecule has 86 heavy (non-hydrogen) atoms. The second-order valence-corrected chi connectivity index (χ2v) is 24.7. The van der Waals surface area contributed by atoms with Crippen LogP contribution in [0.25, 0.3) is 82.4 Å². The highest BCUT2D eigenvalue weighted by Gasteiger charge is 2.47. The fourth-order valence-electron chi connectivity index (χ4n) is 16.0. The van der Waals surface area contributed by atoms with Gasteiger partial charge in [0.2, 0.25) is 0 Å². The Balaban J connectivity index is 0.821. The van der Waals surface area contributed by atoms with Crippen molar-refractivity contribution in [2.75, 3.05) is 9.80 Å². The van der Waals surface area contributed by atoms with E-state index in [-0.39, 0.29) is 5.92 Å². The lowest BCUT2D eigenvalue weighted by Crippen LogP contribution is -2.14. The zero-order valence-electron chi connectivity index (χ0n) is 48.3. The highest BCUT2D eigenvalue weighted by molar-refractivity contribution is 6.20. The summed E-state index contributed by atoms with van der Waals surface area (Å²) in [4.78, 5) is 5.05. The van der Waals surface area contributed by atoms with E-state index in [4.69, 9.17) is 0 Å². The molecule has 0 radical (unpaired) electrons. The Morgan fingerprint density at radius 1 is 0.372 bits per heavy atom. The van der Waals surface area contributed by atoms with E-state index in [0.29, 0.717) is 11.8 Å². The quantitative estimate of drug-likeness (QED) is 0.150. The molecule has 0 N–H and O–H groups in total. The maximum absolute atomic E-state index is 2.62. The van der Waals surface area contributed by atoms with Crippen molar-refractivity contribution < 1.29 is 0 Å². The number of para-hydroxylation sites is 1. The number of aryl methyl sites for hydroxylation is 3. The van der Waals surface area contributed by atoms with Gasteiger partial charge in [0.15, 0.2) is 0 Å². The summed E-state index contributed by atoms with van der Waals surface area (Å²) < 4.78 is 2.62. The van der Waals surface area contributed by atoms with Crippen LogP contribution in [0.15, 0.2) is 267 Å². The van der Waals surface area contributed by atoms with E-state index in [2.05, 4.69) is 295 Å². The number of nitrogens with zero attached hydrogens (tertiary/aromatic N) is 3. The summed E-state index contributed by atoms with van der Waals surface area (Å²) in [6, 6.07) is 102. The van der Waals surface area contributed by atoms with Gasteiger partial charge in [-0.2, -0.15) is 0 Å². The number of hydrogen-bond acceptors (Lipinski definition) is 2. The van der Waals surface area contributed by atoms with Crippen LogP contribution in [-0.4, -0.2) is 4.57 Å². The largest absolute Gasteiger partial charge is 0.310 e. The van der Waals surface area contributed by atoms with Gasteiger partial charge in [-0.15, -0.1) is 0 Å². The van der Waals surface area contributed by atoms with Crippen LogP contribution in [0, 0.1) is 13.8 Å². The number of anilines is 6. The average molecular weight is 1100 g/mol. The summed E-state index contributed by atoms with van der Waals surface area (Å²) in [7, 11) is 0. The van der Waals surface area contributed by atoms with Crippen LogP contribution in [0.4, 0.5) is 34.1 Å². The Kier molecular flexibility index (Phi) is 11.0. The first-order chi connectivity index (χ1) is 42.5. The molecule has 3 atom stereocenters. The van der Waals surface area contributed by atoms with Crippen molar-refractivity contribution in [2.24, 2.45) is 0 Å². The highest BCUT2D eigenvalue weighted by atomic mass is 15.2. The molecule has 0 bridgehead atoms. The SMILES string of the molecule is Cc1cccc(N(c2ccc3c4c(ccc3c2)-c2ccc3c5ccc6cc(N(c7cccc(C)c7)c7cccc8c7C7CC7c7ccccc7-8)ccc6c5n(-c5ccccc5)c3c2CCC4c2ccccc2)c2cccc3c2Cc2ccccc2-3)c1. The van der Waals surface area contributed by atoms with Crippen molar-refractivity contribution in [1.82, 2.24) is 4.57 Å². The predicted molar refractivity (Wildman–Crippen MR) is 360 cm³/mol. The molecular weight excluding hydrogens is 1040 g/mol. The van der Waals surface area contributed by atoms with E-state index >= 15 is 0 Å². The molecule has 3 unspecified atom stereocenters. The third-order valence-electron chi connectivity index (χ3n) is 19.8. The van der Waals surface area contributed by atoms with E-state index in [9.17, 15) is 0 Å². The van der Waals surface area contributed by atoms with E-state index in [0.717, 1.165) is 24.9 Å². The van der Waals surface area contributed by atoms with E-state index in [1.165, 1.54) is 167 Å². The Hall–Kier alpha value is -10.2. The normalized spacial score (nSPS) is 16.0. The molecule has 1 saturated carbocycles. The van der Waals surface area contributed by atoms with E-state index in [1.807, 2.05) is 0 Å². The Bertz CT molecular complexity index is 5120. The summed E-state index contributed by atoms with van der Waals surface area (Å²) in [5.74, 6) is 1.27. The van der Waals surface area contributed by atoms with Gasteiger partial charge < -0.3 is 14.4 Å². The molecule has 18 rings (SSSR count). The van der Waals surface area contributed by atoms with Crippen molar-refractivity contribution in [1.29, 1.82) is 0 Å². The lowest BCUT2D eigenvalue weighted by Gasteiger charge is -2.31. The summed E-state index contributed by atoms with van der Waals surface area (Å²) in [6.07, 6.45) is 4.01. The van der Waals surface area contributed by atoms with Crippen molar-refractivity contribution in [3.05, 3.63) is 317 Å². The fraction of sp³-hybridized carbons (Fsp3) is 0.108. The fourth-order valence-corrected chi connectivity index (χ4v) is 16.0. The maximum Gasteiger partial charge on any atom is 0.0619 e. The van der Waals surface area contributed by atoms with Gasteiger partial charge in [-0.3, -0.25) is 0 Å². The van der Waals surface area contributed by atoms with Crippen LogP contribution in [0.5, 0.6) is 0 Å². The molecule has 13 aromatic carbocycles. The minimum absolute atomic E-state index is 0.174. The Morgan fingerprint density at radius 2 is 0.930 bits per heavy atom. The zero-order valence-corrected chi connectivity index (χ0v) is 48.3. The van der Waals surface area contributed by atoms with Crippen molar-refractivity contribution in [2.45, 2.75) is 57.3 Å². The molecule has 4 aliphatic rings. The van der Waals surface area contributed by atoms with Crippen molar-refractivity contribution in [3.63, 3.8) is 0 Å². The van der Waals surface area contributed by atoms with Gasteiger partial charge in [0.1, 0.15) is 0 Å². The van der Waals surface area contributed by atoms with E-state index in [1.54, 1.807) is 0 Å². The van der Waals surface area contributed by atoms with Gasteiger partial charge >= 0.3 is 0 Å². The third kappa shape index (κ3) is 7.53. The number of hydrogen-bond donors (Lipinski definition) is 0. The highest BCUT2D eigenvalue weighted by Crippen LogP contribution is 2.65. The topological polar surface area (TPSA) is 11.4 Å². The molecule has 3 nitrogen and oxygen atoms in total. The number of fused-ring (bicyclic) bond motifs is 20. The minimum Gasteiger partial charge on any atom is -0.310 e. The van der Waals surface area contributed by atoms with Crippen LogP contribution < -0.4 is 9.80 Å². The van der Waals surface area contributed by atoms with Gasteiger partial charge in [0.05, 0.1) is 22.4 Å². The van der Waals surface area contributed by atoms with Crippen molar-refractivity contribution >= 4 is 77.5 Å². The molecule has 3 heteroatoms. The molecule has 0 saturated heterocycles. The molecule has 0 aliphatic heterocycles. The van der Waals surface area contributed by atoms with Crippen LogP contribution in [-0.2, 0) is 12.8 Å². The van der Waals surface area contributed by atoms with Crippen LogP contribution in [0.3, 0.4) is 0 Å². The van der Waals surface area contributed by atoms with Crippen LogP contribution in [0.2, 0.25) is 0 Å². The van der Waals surface area contributed by atoms with Gasteiger partial charge in [-0.25, -0.2) is 0 Å². The predicted octanol–water partition coefficient (Wildman–Crippen LogP) is 22.2. The van der Waals surface area contributed by atoms with E-state index < -0.39 is 0 Å². The van der Waals surface area contributed by atoms with Gasteiger partial charge in [-0.05, 0) is 217 Å². The smallest absolute Gasteiger partial charge is 0.0619 e. The third-order valence-corrected chi connectivity index (χ3v) is 19.8. The molecule has 408 valence electrons. The second kappa shape index (κ2) is 19.2. The van der Waals surface area contributed by atoms with Crippen LogP contribution in [0.1, 0.15) is 80.7 Å². The standard InChI is InChI=1S/C83H61N3/c1-51-17-13-24-58(45-51)84(78-31-15-29-66-62-26-10-9-21-54(62)49-76(66)78)60-35-39-64-55(47-60)33-37-71-69-42-44-74-73-38-34-56-48-61(85(59-25-14-18-52(2)46-59)79-32-16-30-70-67-27-11-12-28-68(67)75-50-77(75)81(70)79)36-40-65(56)82(73)86(57-22-7-4-8-23-57)83(74)72(69)43-41-63(80(64)71)53-19-5-3-6-20-53/h3-40,42,44-48,63,75,77H,41,43,49-50H2,1-2H3. The lowest BCUT2D eigenvalue weighted by molar-refractivity contribution is 0.731. The van der Waals surface area contributed by atoms with Gasteiger partial charge in [0, 0.05) is 56.9 Å². The summed E-state index contributed by atoms with van der Waals surface area (Å²) >= 11 is 0. The molecule has 4 aliphatic carbocycles. The Labute approximate surface area is 502 Å². The summed E-state index contributed by atoms with van der Waals surface area (Å²) in [5.41, 5.74) is 31.5. The first-order valence-corrected chi connectivity index (χ1v) is 30.9. The summed E-state index contributed by atoms with van der Waals surface area (Å²) in [5, 5.41) is 7.60. The molecular formula is C83H61N3. The maximum atomic E-state index is 2.62. The van der Waals surface area contributed by atoms with Gasteiger partial charge in [0.25, 0.3) is 0 Å². The molecule has 1 fully saturated rings. The molecule has 1 heterocycles. The summed E-state index contributed by atoms with van der Waals surface area (Å²) in [6.45, 7) is 4.41. The monoisotopic (exact) mass is 1100 g/mol. The number of aromatic nitrogens is 1. The molecule has 14 aromatic rings. The number of rotatable bonds is 8. The van der Waals surface area contributed by atoms with Crippen molar-refractivity contribution in [3.8, 4) is 39.1 Å². The minimum atomic E-state index is 0.174. The van der Waals surface area contributed by atoms with Crippen LogP contribution >= 0.6 is 0 Å². The lowest BCUT2D eigenvalue weighted by atomic mass is 9.82. The zero-order chi connectivity index (χ0) is 56.7. The Morgan fingerprint density at radius 3 is 1.71 bits per heavy atom. The first-order valence-electron chi connectivity index (χ1n) is 30.9. The molecule has 1 aromatic heterocycles. The molecule has 0 spiro atoms. The first kappa shape index (κ1) is 49.2. The van der Waals surface area contributed by atoms with Gasteiger partial charge in [-0.1, -0.05) is 194 Å². The second-order valence-electron chi connectivity index (χ2n) is 24.7. The average Bonchev–Trinajstić information content (AvgIpc) is 1.99.